The zero-order valence-corrected chi connectivity index (χ0v) is 8.68. The zero-order valence-electron chi connectivity index (χ0n) is 8.68. The summed E-state index contributed by atoms with van der Waals surface area (Å²) >= 11 is 0. The van der Waals surface area contributed by atoms with Crippen molar-refractivity contribution in [2.45, 2.75) is 18.5 Å². The van der Waals surface area contributed by atoms with E-state index in [4.69, 9.17) is 15.3 Å². The highest BCUT2D eigenvalue weighted by molar-refractivity contribution is 5.74. The van der Waals surface area contributed by atoms with Gasteiger partial charge in [0.1, 0.15) is 0 Å². The van der Waals surface area contributed by atoms with Crippen molar-refractivity contribution in [2.24, 2.45) is 0 Å². The van der Waals surface area contributed by atoms with Crippen LogP contribution in [0.25, 0.3) is 0 Å². The molecule has 0 aromatic rings. The molecule has 0 aliphatic carbocycles. The van der Waals surface area contributed by atoms with Gasteiger partial charge in [-0.05, 0) is 6.42 Å². The maximum Gasteiger partial charge on any atom is 0.426 e. The molecule has 2 rings (SSSR count). The van der Waals surface area contributed by atoms with Crippen molar-refractivity contribution >= 4 is 18.3 Å². The number of carbonyl (C=O) groups is 3. The van der Waals surface area contributed by atoms with Gasteiger partial charge < -0.3 is 20.2 Å². The summed E-state index contributed by atoms with van der Waals surface area (Å²) in [7, 11) is 0. The van der Waals surface area contributed by atoms with Crippen molar-refractivity contribution in [1.29, 1.82) is 0 Å². The van der Waals surface area contributed by atoms with E-state index in [1.54, 1.807) is 0 Å². The standard InChI is InChI=1S/C8H11N3O6/c12-6(13)9-2-1-4-5(9)3-10(7(14)15)11(4)8(16)17/h4-5H,1-3H2,(H,12,13)(H,14,15)(H,16,17). The van der Waals surface area contributed by atoms with Gasteiger partial charge in [-0.3, -0.25) is 0 Å². The number of fused-ring (bicyclic) bond motifs is 1. The SMILES string of the molecule is O=C(O)N1CCC2C1CN(C(=O)O)N2C(=O)O. The number of nitrogens with zero attached hydrogens (tertiary/aromatic N) is 3. The van der Waals surface area contributed by atoms with Gasteiger partial charge in [-0.15, -0.1) is 0 Å². The molecule has 0 aromatic carbocycles. The molecule has 3 amide bonds. The van der Waals surface area contributed by atoms with E-state index in [-0.39, 0.29) is 13.1 Å². The minimum Gasteiger partial charge on any atom is -0.465 e. The second-order valence-corrected chi connectivity index (χ2v) is 3.89. The Morgan fingerprint density at radius 3 is 2.06 bits per heavy atom. The molecule has 2 saturated heterocycles. The number of hydrogen-bond donors (Lipinski definition) is 3. The maximum absolute atomic E-state index is 11.0. The molecule has 2 aliphatic heterocycles. The van der Waals surface area contributed by atoms with Gasteiger partial charge in [0.15, 0.2) is 0 Å². The molecule has 2 unspecified atom stereocenters. The monoisotopic (exact) mass is 245 g/mol. The van der Waals surface area contributed by atoms with Crippen LogP contribution in [-0.2, 0) is 0 Å². The van der Waals surface area contributed by atoms with Gasteiger partial charge >= 0.3 is 18.3 Å². The highest BCUT2D eigenvalue weighted by Crippen LogP contribution is 2.31. The second kappa shape index (κ2) is 3.68. The third-order valence-corrected chi connectivity index (χ3v) is 3.11. The van der Waals surface area contributed by atoms with E-state index in [0.29, 0.717) is 16.4 Å². The predicted molar refractivity (Wildman–Crippen MR) is 51.5 cm³/mol. The lowest BCUT2D eigenvalue weighted by molar-refractivity contribution is 0.0161. The summed E-state index contributed by atoms with van der Waals surface area (Å²) in [6.45, 7) is 0.0838. The third-order valence-electron chi connectivity index (χ3n) is 3.11. The van der Waals surface area contributed by atoms with Crippen LogP contribution in [0.4, 0.5) is 14.4 Å². The fourth-order valence-corrected chi connectivity index (χ4v) is 2.44. The van der Waals surface area contributed by atoms with Crippen LogP contribution in [0.5, 0.6) is 0 Å². The average Bonchev–Trinajstić information content (AvgIpc) is 2.71. The van der Waals surface area contributed by atoms with Crippen molar-refractivity contribution < 1.29 is 29.7 Å². The molecule has 2 atom stereocenters. The predicted octanol–water partition coefficient (Wildman–Crippen LogP) is -0.00410. The summed E-state index contributed by atoms with van der Waals surface area (Å²) in [5.74, 6) is 0. The molecule has 2 fully saturated rings. The summed E-state index contributed by atoms with van der Waals surface area (Å²) in [6, 6.07) is -1.22. The molecule has 2 heterocycles. The molecule has 9 nitrogen and oxygen atoms in total. The highest BCUT2D eigenvalue weighted by atomic mass is 16.4. The molecule has 0 saturated carbocycles. The number of carboxylic acid groups (broad SMARTS) is 3. The Morgan fingerprint density at radius 2 is 1.59 bits per heavy atom. The van der Waals surface area contributed by atoms with Gasteiger partial charge in [0.05, 0.1) is 18.6 Å². The quantitative estimate of drug-likeness (QED) is 0.552. The molecule has 2 aliphatic rings. The van der Waals surface area contributed by atoms with Crippen LogP contribution < -0.4 is 0 Å². The van der Waals surface area contributed by atoms with Crippen molar-refractivity contribution in [1.82, 2.24) is 14.9 Å². The highest BCUT2D eigenvalue weighted by Gasteiger charge is 2.52. The van der Waals surface area contributed by atoms with E-state index in [9.17, 15) is 14.4 Å². The second-order valence-electron chi connectivity index (χ2n) is 3.89. The summed E-state index contributed by atoms with van der Waals surface area (Å²) in [6.07, 6.45) is -3.62. The molecular formula is C8H11N3O6. The van der Waals surface area contributed by atoms with E-state index in [1.807, 2.05) is 0 Å². The normalized spacial score (nSPS) is 27.2. The summed E-state index contributed by atoms with van der Waals surface area (Å²) in [5, 5.41) is 28.1. The van der Waals surface area contributed by atoms with Crippen molar-refractivity contribution in [3.8, 4) is 0 Å². The number of amides is 3. The summed E-state index contributed by atoms with van der Waals surface area (Å²) < 4.78 is 0. The van der Waals surface area contributed by atoms with Crippen LogP contribution in [0.3, 0.4) is 0 Å². The van der Waals surface area contributed by atoms with Gasteiger partial charge in [0, 0.05) is 6.54 Å². The Kier molecular flexibility index (Phi) is 2.45. The molecule has 9 heteroatoms. The number of likely N-dealkylation sites (tertiary alicyclic amines) is 1. The molecule has 0 radical (unpaired) electrons. The minimum atomic E-state index is -1.40. The number of hydrogen-bond acceptors (Lipinski definition) is 3. The van der Waals surface area contributed by atoms with Crippen LogP contribution in [0.2, 0.25) is 0 Å². The van der Waals surface area contributed by atoms with E-state index in [2.05, 4.69) is 0 Å². The van der Waals surface area contributed by atoms with Gasteiger partial charge in [-0.25, -0.2) is 24.4 Å². The minimum absolute atomic E-state index is 0.140. The van der Waals surface area contributed by atoms with E-state index in [0.717, 1.165) is 4.90 Å². The molecule has 0 aromatic heterocycles. The summed E-state index contributed by atoms with van der Waals surface area (Å²) in [5.41, 5.74) is 0. The average molecular weight is 245 g/mol. The Bertz CT molecular complexity index is 385. The van der Waals surface area contributed by atoms with Gasteiger partial charge in [0.25, 0.3) is 0 Å². The lowest BCUT2D eigenvalue weighted by Crippen LogP contribution is -2.47. The Balaban J connectivity index is 2.26. The Hall–Kier alpha value is -2.19. The molecule has 94 valence electrons. The van der Waals surface area contributed by atoms with Crippen molar-refractivity contribution in [3.05, 3.63) is 0 Å². The van der Waals surface area contributed by atoms with Crippen LogP contribution in [0.1, 0.15) is 6.42 Å². The van der Waals surface area contributed by atoms with Crippen LogP contribution in [-0.4, -0.2) is 73.7 Å². The zero-order chi connectivity index (χ0) is 12.7. The molecule has 0 spiro atoms. The van der Waals surface area contributed by atoms with Crippen molar-refractivity contribution in [2.75, 3.05) is 13.1 Å². The lowest BCUT2D eigenvalue weighted by Gasteiger charge is -2.25. The first kappa shape index (κ1) is 11.3. The van der Waals surface area contributed by atoms with Gasteiger partial charge in [-0.1, -0.05) is 0 Å². The summed E-state index contributed by atoms with van der Waals surface area (Å²) in [4.78, 5) is 33.8. The molecule has 3 N–H and O–H groups in total. The van der Waals surface area contributed by atoms with Crippen LogP contribution >= 0.6 is 0 Å². The first-order valence-corrected chi connectivity index (χ1v) is 4.95. The van der Waals surface area contributed by atoms with Gasteiger partial charge in [-0.2, -0.15) is 0 Å². The van der Waals surface area contributed by atoms with Gasteiger partial charge in [0.2, 0.25) is 0 Å². The third kappa shape index (κ3) is 1.59. The van der Waals surface area contributed by atoms with E-state index < -0.39 is 30.4 Å². The first-order valence-electron chi connectivity index (χ1n) is 4.95. The molecule has 0 bridgehead atoms. The largest absolute Gasteiger partial charge is 0.465 e. The van der Waals surface area contributed by atoms with Crippen LogP contribution in [0.15, 0.2) is 0 Å². The molecule has 17 heavy (non-hydrogen) atoms. The molecular weight excluding hydrogens is 234 g/mol. The number of hydrazine groups is 1. The maximum atomic E-state index is 11.0. The Morgan fingerprint density at radius 1 is 0.941 bits per heavy atom. The first-order chi connectivity index (χ1) is 7.93. The fraction of sp³-hybridized carbons (Fsp3) is 0.625. The van der Waals surface area contributed by atoms with E-state index >= 15 is 0 Å². The lowest BCUT2D eigenvalue weighted by atomic mass is 10.1. The topological polar surface area (TPSA) is 122 Å². The smallest absolute Gasteiger partial charge is 0.426 e. The Labute approximate surface area is 95.4 Å². The van der Waals surface area contributed by atoms with Crippen molar-refractivity contribution in [3.63, 3.8) is 0 Å². The number of rotatable bonds is 0. The van der Waals surface area contributed by atoms with E-state index in [1.165, 1.54) is 0 Å². The van der Waals surface area contributed by atoms with Crippen LogP contribution in [0, 0.1) is 0 Å². The fourth-order valence-electron chi connectivity index (χ4n) is 2.44.